The van der Waals surface area contributed by atoms with Gasteiger partial charge in [-0.25, -0.2) is 0 Å². The van der Waals surface area contributed by atoms with Crippen molar-refractivity contribution in [3.05, 3.63) is 115 Å². The van der Waals surface area contributed by atoms with Crippen LogP contribution in [0.2, 0.25) is 0 Å². The Hall–Kier alpha value is -4.08. The van der Waals surface area contributed by atoms with Crippen molar-refractivity contribution in [3.63, 3.8) is 0 Å². The minimum atomic E-state index is 0.0467. The van der Waals surface area contributed by atoms with E-state index >= 15 is 0 Å². The highest BCUT2D eigenvalue weighted by Gasteiger charge is 2.25. The normalized spacial score (nSPS) is 12.3. The second-order valence-electron chi connectivity index (χ2n) is 20.6. The first-order valence-corrected chi connectivity index (χ1v) is 28.9. The monoisotopic (exact) mass is 993 g/mol. The van der Waals surface area contributed by atoms with E-state index in [1.807, 2.05) is 0 Å². The van der Waals surface area contributed by atoms with Crippen molar-refractivity contribution in [1.82, 2.24) is 0 Å². The van der Waals surface area contributed by atoms with Gasteiger partial charge in [0.05, 0.1) is 26.4 Å². The van der Waals surface area contributed by atoms with E-state index in [9.17, 15) is 20.4 Å². The molecule has 8 heteroatoms. The Kier molecular flexibility index (Phi) is 28.1. The second-order valence-corrected chi connectivity index (χ2v) is 20.6. The molecule has 72 heavy (non-hydrogen) atoms. The molecule has 0 aliphatic heterocycles. The number of fused-ring (bicyclic) bond motifs is 8. The van der Waals surface area contributed by atoms with E-state index in [1.54, 1.807) is 0 Å². The Morgan fingerprint density at radius 1 is 0.278 bits per heavy atom. The third kappa shape index (κ3) is 19.3. The predicted molar refractivity (Wildman–Crippen MR) is 297 cm³/mol. The highest BCUT2D eigenvalue weighted by atomic mass is 16.5. The van der Waals surface area contributed by atoms with Crippen LogP contribution in [0.1, 0.15) is 223 Å². The van der Waals surface area contributed by atoms with Gasteiger partial charge in [0.25, 0.3) is 0 Å². The van der Waals surface area contributed by atoms with E-state index in [4.69, 9.17) is 18.9 Å². The molecule has 1 aliphatic rings. The molecule has 8 bridgehead atoms. The fraction of sp³-hybridized carbons (Fsp3) is 0.625. The van der Waals surface area contributed by atoms with E-state index < -0.39 is 0 Å². The van der Waals surface area contributed by atoms with Gasteiger partial charge in [-0.05, 0) is 118 Å². The lowest BCUT2D eigenvalue weighted by molar-refractivity contribution is 0.230. The standard InChI is InChI=1S/C64H96O8/c1-5-9-13-17-25-49-37-53-45-55-39-50(26-18-14-10-6-2)41-57(62(55)70-34-22-30-66)47-59-43-52(28-20-16-12-8-4)44-60(64(59)72-36-24-32-68)48-58-42-51(27-19-15-11-7-3)40-56(63(58)71-35-23-31-67)46-54(38-49)61(53)69-33-21-29-65/h37-44,65-68H,5-36,45-48H2,1-4H3. The maximum atomic E-state index is 10.1. The van der Waals surface area contributed by atoms with Crippen LogP contribution in [0, 0.1) is 0 Å². The predicted octanol–water partition coefficient (Wildman–Crippen LogP) is 13.9. The summed E-state index contributed by atoms with van der Waals surface area (Å²) in [5.41, 5.74) is 14.1. The number of benzene rings is 4. The highest BCUT2D eigenvalue weighted by molar-refractivity contribution is 5.59. The summed E-state index contributed by atoms with van der Waals surface area (Å²) in [5, 5.41) is 40.3. The van der Waals surface area contributed by atoms with Crippen LogP contribution in [0.3, 0.4) is 0 Å². The van der Waals surface area contributed by atoms with Crippen molar-refractivity contribution in [2.75, 3.05) is 52.9 Å². The molecule has 0 fully saturated rings. The summed E-state index contributed by atoms with van der Waals surface area (Å²) in [6, 6.07) is 19.1. The average Bonchev–Trinajstić information content (AvgIpc) is 3.37. The average molecular weight is 993 g/mol. The molecule has 0 spiro atoms. The van der Waals surface area contributed by atoms with E-state index in [1.165, 1.54) is 99.3 Å². The quantitative estimate of drug-likeness (QED) is 0.0293. The third-order valence-electron chi connectivity index (χ3n) is 14.2. The fourth-order valence-electron chi connectivity index (χ4n) is 10.5. The minimum absolute atomic E-state index is 0.0467. The van der Waals surface area contributed by atoms with Gasteiger partial charge < -0.3 is 39.4 Å². The van der Waals surface area contributed by atoms with Crippen LogP contribution >= 0.6 is 0 Å². The summed E-state index contributed by atoms with van der Waals surface area (Å²) in [4.78, 5) is 0. The first kappa shape index (κ1) is 58.8. The second kappa shape index (κ2) is 34.4. The Morgan fingerprint density at radius 2 is 0.472 bits per heavy atom. The molecule has 0 saturated heterocycles. The third-order valence-corrected chi connectivity index (χ3v) is 14.2. The van der Waals surface area contributed by atoms with Crippen LogP contribution in [0.4, 0.5) is 0 Å². The Morgan fingerprint density at radius 3 is 0.639 bits per heavy atom. The molecule has 0 radical (unpaired) electrons. The molecule has 8 nitrogen and oxygen atoms in total. The molecule has 0 unspecified atom stereocenters. The van der Waals surface area contributed by atoms with Crippen LogP contribution in [0.25, 0.3) is 0 Å². The number of aliphatic hydroxyl groups is 4. The molecule has 4 N–H and O–H groups in total. The van der Waals surface area contributed by atoms with E-state index in [-0.39, 0.29) is 26.4 Å². The van der Waals surface area contributed by atoms with Gasteiger partial charge in [0, 0.05) is 77.8 Å². The van der Waals surface area contributed by atoms with Crippen molar-refractivity contribution < 1.29 is 39.4 Å². The number of hydrogen-bond donors (Lipinski definition) is 4. The van der Waals surface area contributed by atoms with Gasteiger partial charge in [-0.3, -0.25) is 0 Å². The van der Waals surface area contributed by atoms with E-state index in [0.29, 0.717) is 77.8 Å². The fourth-order valence-corrected chi connectivity index (χ4v) is 10.5. The zero-order chi connectivity index (χ0) is 51.2. The molecule has 1 aliphatic carbocycles. The molecule has 4 aromatic carbocycles. The summed E-state index contributed by atoms with van der Waals surface area (Å²) in [5.74, 6) is 3.49. The molecule has 0 aromatic heterocycles. The zero-order valence-corrected chi connectivity index (χ0v) is 45.5. The lowest BCUT2D eigenvalue weighted by atomic mass is 9.87. The summed E-state index contributed by atoms with van der Waals surface area (Å²) in [6.45, 7) is 10.8. The van der Waals surface area contributed by atoms with Crippen molar-refractivity contribution in [3.8, 4) is 23.0 Å². The Balaban J connectivity index is 1.90. The molecule has 0 atom stereocenters. The Bertz CT molecular complexity index is 1750. The number of aliphatic hydroxyl groups excluding tert-OH is 4. The summed E-state index contributed by atoms with van der Waals surface area (Å²) < 4.78 is 27.7. The SMILES string of the molecule is CCCCCCc1cc2c(OCCCO)c(c1)Cc1cc(CCCCCC)cc(c1OCCCO)Cc1cc(CCCCCC)cc(c1OCCCO)Cc1cc(CCCCCC)cc(c1OCCCO)C2. The van der Waals surface area contributed by atoms with Crippen molar-refractivity contribution in [1.29, 1.82) is 0 Å². The Labute approximate surface area is 436 Å². The van der Waals surface area contributed by atoms with Crippen LogP contribution < -0.4 is 18.9 Å². The molecule has 4 aromatic rings. The van der Waals surface area contributed by atoms with Crippen LogP contribution in [-0.4, -0.2) is 73.3 Å². The zero-order valence-electron chi connectivity index (χ0n) is 45.5. The molecule has 0 heterocycles. The number of aryl methyl sites for hydroxylation is 4. The topological polar surface area (TPSA) is 118 Å². The number of ether oxygens (including phenoxy) is 4. The van der Waals surface area contributed by atoms with Crippen molar-refractivity contribution in [2.24, 2.45) is 0 Å². The summed E-state index contributed by atoms with van der Waals surface area (Å²) in [7, 11) is 0. The minimum Gasteiger partial charge on any atom is -0.493 e. The summed E-state index contributed by atoms with van der Waals surface area (Å²) in [6.07, 6.45) is 27.1. The van der Waals surface area contributed by atoms with Gasteiger partial charge in [0.1, 0.15) is 23.0 Å². The molecule has 400 valence electrons. The van der Waals surface area contributed by atoms with Crippen LogP contribution in [-0.2, 0) is 51.4 Å². The molecule has 0 amide bonds. The lowest BCUT2D eigenvalue weighted by Crippen LogP contribution is -2.13. The van der Waals surface area contributed by atoms with E-state index in [2.05, 4.69) is 76.2 Å². The van der Waals surface area contributed by atoms with Crippen LogP contribution in [0.5, 0.6) is 23.0 Å². The lowest BCUT2D eigenvalue weighted by Gasteiger charge is -2.25. The van der Waals surface area contributed by atoms with Crippen molar-refractivity contribution in [2.45, 2.75) is 207 Å². The molecule has 0 saturated carbocycles. The first-order chi connectivity index (χ1) is 35.4. The van der Waals surface area contributed by atoms with Crippen molar-refractivity contribution >= 4 is 0 Å². The first-order valence-electron chi connectivity index (χ1n) is 28.9. The smallest absolute Gasteiger partial charge is 0.126 e. The van der Waals surface area contributed by atoms with Gasteiger partial charge in [0.15, 0.2) is 0 Å². The summed E-state index contributed by atoms with van der Waals surface area (Å²) >= 11 is 0. The number of unbranched alkanes of at least 4 members (excludes halogenated alkanes) is 12. The van der Waals surface area contributed by atoms with Gasteiger partial charge in [0.2, 0.25) is 0 Å². The maximum Gasteiger partial charge on any atom is 0.126 e. The van der Waals surface area contributed by atoms with Gasteiger partial charge >= 0.3 is 0 Å². The van der Waals surface area contributed by atoms with Crippen LogP contribution in [0.15, 0.2) is 48.5 Å². The maximum absolute atomic E-state index is 10.1. The van der Waals surface area contributed by atoms with Gasteiger partial charge in [-0.15, -0.1) is 0 Å². The van der Waals surface area contributed by atoms with Gasteiger partial charge in [-0.1, -0.05) is 153 Å². The largest absolute Gasteiger partial charge is 0.493 e. The number of hydrogen-bond acceptors (Lipinski definition) is 8. The van der Waals surface area contributed by atoms with E-state index in [0.717, 1.165) is 119 Å². The molecule has 5 rings (SSSR count). The molecular weight excluding hydrogens is 897 g/mol. The highest BCUT2D eigenvalue weighted by Crippen LogP contribution is 2.42. The van der Waals surface area contributed by atoms with Gasteiger partial charge in [-0.2, -0.15) is 0 Å². The molecular formula is C64H96O8. The number of rotatable bonds is 36.